The summed E-state index contributed by atoms with van der Waals surface area (Å²) in [6.45, 7) is 0. The number of nitrogens with zero attached hydrogens (tertiary/aromatic N) is 2. The standard InChI is InChI=1S/C54H34N2/c1-3-15-37-33-39(31-29-35(37)13-1)41-19-9-23-45-43(41)21-11-25-47(45)53-49-17-5-7-27-51(49)56-54(50-18-6-8-28-52(50)55-53)48-26-12-22-44-42(20-10-24-46(44)48)40-32-30-36-14-2-4-16-38(36)34-40/h1-34H/b53-49?,54-50?,55-52?,55-53-,56-51?,56-54-. The molecule has 0 aliphatic carbocycles. The van der Waals surface area contributed by atoms with Crippen LogP contribution in [0.25, 0.3) is 65.3 Å². The first-order chi connectivity index (χ1) is 27.8. The summed E-state index contributed by atoms with van der Waals surface area (Å²) in [6.07, 6.45) is 0. The molecule has 2 nitrogen and oxygen atoms in total. The second-order valence-corrected chi connectivity index (χ2v) is 14.5. The Morgan fingerprint density at radius 1 is 0.232 bits per heavy atom. The third-order valence-corrected chi connectivity index (χ3v) is 11.3. The molecular formula is C54H34N2. The Kier molecular flexibility index (Phi) is 7.53. The summed E-state index contributed by atoms with van der Waals surface area (Å²) in [6, 6.07) is 73.9. The minimum Gasteiger partial charge on any atom is -0.247 e. The van der Waals surface area contributed by atoms with Crippen LogP contribution >= 0.6 is 0 Å². The molecule has 0 bridgehead atoms. The lowest BCUT2D eigenvalue weighted by atomic mass is 9.89. The van der Waals surface area contributed by atoms with Crippen molar-refractivity contribution in [3.05, 3.63) is 229 Å². The lowest BCUT2D eigenvalue weighted by Crippen LogP contribution is -2.11. The van der Waals surface area contributed by atoms with Crippen molar-refractivity contribution in [3.63, 3.8) is 0 Å². The zero-order valence-electron chi connectivity index (χ0n) is 30.5. The van der Waals surface area contributed by atoms with Gasteiger partial charge in [-0.3, -0.25) is 0 Å². The second kappa shape index (κ2) is 13.2. The minimum absolute atomic E-state index is 0.890. The normalized spacial score (nSPS) is 14.4. The molecule has 0 saturated heterocycles. The van der Waals surface area contributed by atoms with Crippen LogP contribution in [0.15, 0.2) is 216 Å². The average Bonchev–Trinajstić information content (AvgIpc) is 3.26. The van der Waals surface area contributed by atoms with Crippen LogP contribution in [-0.2, 0) is 0 Å². The summed E-state index contributed by atoms with van der Waals surface area (Å²) < 4.78 is 0. The van der Waals surface area contributed by atoms with Gasteiger partial charge in [-0.15, -0.1) is 0 Å². The van der Waals surface area contributed by atoms with E-state index in [0.717, 1.165) is 55.8 Å². The highest BCUT2D eigenvalue weighted by Crippen LogP contribution is 2.39. The van der Waals surface area contributed by atoms with Crippen molar-refractivity contribution >= 4 is 65.9 Å². The molecule has 0 N–H and O–H groups in total. The number of hydrogen-bond acceptors (Lipinski definition) is 2. The van der Waals surface area contributed by atoms with E-state index in [-0.39, 0.29) is 0 Å². The largest absolute Gasteiger partial charge is 0.247 e. The topological polar surface area (TPSA) is 24.7 Å². The molecule has 0 aromatic heterocycles. The van der Waals surface area contributed by atoms with Crippen molar-refractivity contribution in [3.8, 4) is 22.3 Å². The van der Waals surface area contributed by atoms with Crippen molar-refractivity contribution < 1.29 is 0 Å². The Labute approximate surface area is 325 Å². The SMILES string of the molecule is c1ccc2c(c1)/N=C(/c1cccc3c(-c4ccc5ccccc5c4)cccc13)c1ccccc1/N=C\2c1cccc2c(-c3ccc4ccccc4c3)cccc12. The zero-order chi connectivity index (χ0) is 37.0. The maximum atomic E-state index is 5.59. The summed E-state index contributed by atoms with van der Waals surface area (Å²) in [5, 5.41) is 9.65. The van der Waals surface area contributed by atoms with Crippen molar-refractivity contribution in [2.75, 3.05) is 0 Å². The first kappa shape index (κ1) is 32.0. The second-order valence-electron chi connectivity index (χ2n) is 14.5. The van der Waals surface area contributed by atoms with Gasteiger partial charge in [0.05, 0.1) is 22.8 Å². The number of aliphatic imine (C=N–C) groups is 2. The molecule has 0 amide bonds. The number of rotatable bonds is 4. The molecule has 11 rings (SSSR count). The molecule has 1 aliphatic rings. The van der Waals surface area contributed by atoms with Gasteiger partial charge in [0, 0.05) is 22.3 Å². The van der Waals surface area contributed by atoms with Crippen molar-refractivity contribution in [1.82, 2.24) is 0 Å². The summed E-state index contributed by atoms with van der Waals surface area (Å²) in [7, 11) is 0. The highest BCUT2D eigenvalue weighted by molar-refractivity contribution is 6.28. The number of fused-ring (bicyclic) bond motifs is 6. The Bertz CT molecular complexity index is 3040. The third-order valence-electron chi connectivity index (χ3n) is 11.3. The summed E-state index contributed by atoms with van der Waals surface area (Å²) in [5.74, 6) is 0. The molecule has 10 aromatic carbocycles. The third kappa shape index (κ3) is 5.34. The molecular weight excluding hydrogens is 677 g/mol. The first-order valence-electron chi connectivity index (χ1n) is 19.2. The van der Waals surface area contributed by atoms with Crippen LogP contribution in [0, 0.1) is 0 Å². The fourth-order valence-electron chi connectivity index (χ4n) is 8.56. The van der Waals surface area contributed by atoms with Gasteiger partial charge in [-0.25, -0.2) is 9.98 Å². The molecule has 1 aliphatic heterocycles. The quantitative estimate of drug-likeness (QED) is 0.174. The van der Waals surface area contributed by atoms with Gasteiger partial charge in [0.1, 0.15) is 0 Å². The average molecular weight is 711 g/mol. The van der Waals surface area contributed by atoms with Crippen LogP contribution in [0.3, 0.4) is 0 Å². The number of benzene rings is 10. The predicted octanol–water partition coefficient (Wildman–Crippen LogP) is 14.3. The van der Waals surface area contributed by atoms with E-state index in [4.69, 9.17) is 9.98 Å². The van der Waals surface area contributed by atoms with E-state index in [9.17, 15) is 0 Å². The maximum Gasteiger partial charge on any atom is 0.0809 e. The van der Waals surface area contributed by atoms with Crippen molar-refractivity contribution in [2.45, 2.75) is 0 Å². The molecule has 260 valence electrons. The zero-order valence-corrected chi connectivity index (χ0v) is 30.5. The van der Waals surface area contributed by atoms with Crippen molar-refractivity contribution in [2.24, 2.45) is 9.98 Å². The highest BCUT2D eigenvalue weighted by atomic mass is 14.8. The van der Waals surface area contributed by atoms with E-state index in [0.29, 0.717) is 0 Å². The first-order valence-corrected chi connectivity index (χ1v) is 19.2. The smallest absolute Gasteiger partial charge is 0.0809 e. The van der Waals surface area contributed by atoms with Crippen LogP contribution in [0.2, 0.25) is 0 Å². The van der Waals surface area contributed by atoms with Crippen LogP contribution < -0.4 is 0 Å². The van der Waals surface area contributed by atoms with Crippen LogP contribution in [0.1, 0.15) is 22.3 Å². The lowest BCUT2D eigenvalue weighted by Gasteiger charge is -2.20. The highest BCUT2D eigenvalue weighted by Gasteiger charge is 2.23. The summed E-state index contributed by atoms with van der Waals surface area (Å²) >= 11 is 0. The molecule has 56 heavy (non-hydrogen) atoms. The summed E-state index contributed by atoms with van der Waals surface area (Å²) in [5.41, 5.74) is 12.6. The molecule has 0 saturated carbocycles. The van der Waals surface area contributed by atoms with E-state index in [2.05, 4.69) is 206 Å². The Morgan fingerprint density at radius 3 is 1.02 bits per heavy atom. The van der Waals surface area contributed by atoms with Crippen LogP contribution in [-0.4, -0.2) is 11.4 Å². The van der Waals surface area contributed by atoms with E-state index in [1.165, 1.54) is 54.6 Å². The van der Waals surface area contributed by atoms with Gasteiger partial charge >= 0.3 is 0 Å². The van der Waals surface area contributed by atoms with Gasteiger partial charge in [0.15, 0.2) is 0 Å². The van der Waals surface area contributed by atoms with E-state index >= 15 is 0 Å². The molecule has 0 unspecified atom stereocenters. The molecule has 0 atom stereocenters. The van der Waals surface area contributed by atoms with Gasteiger partial charge in [0.25, 0.3) is 0 Å². The Balaban J connectivity index is 1.09. The van der Waals surface area contributed by atoms with E-state index in [1.54, 1.807) is 0 Å². The monoisotopic (exact) mass is 710 g/mol. The Morgan fingerprint density at radius 2 is 0.571 bits per heavy atom. The van der Waals surface area contributed by atoms with Crippen LogP contribution in [0.4, 0.5) is 11.4 Å². The predicted molar refractivity (Wildman–Crippen MR) is 237 cm³/mol. The molecule has 0 fully saturated rings. The van der Waals surface area contributed by atoms with Gasteiger partial charge in [0.2, 0.25) is 0 Å². The van der Waals surface area contributed by atoms with Gasteiger partial charge in [-0.2, -0.15) is 0 Å². The number of para-hydroxylation sites is 2. The molecule has 2 heteroatoms. The Hall–Kier alpha value is -7.42. The molecule has 10 aromatic rings. The van der Waals surface area contributed by atoms with E-state index < -0.39 is 0 Å². The molecule has 0 radical (unpaired) electrons. The minimum atomic E-state index is 0.890. The van der Waals surface area contributed by atoms with Gasteiger partial charge < -0.3 is 0 Å². The van der Waals surface area contributed by atoms with Crippen LogP contribution in [0.5, 0.6) is 0 Å². The van der Waals surface area contributed by atoms with Gasteiger partial charge in [-0.05, 0) is 89.6 Å². The fraction of sp³-hybridized carbons (Fsp3) is 0. The molecule has 0 spiro atoms. The van der Waals surface area contributed by atoms with Gasteiger partial charge in [-0.1, -0.05) is 182 Å². The lowest BCUT2D eigenvalue weighted by molar-refractivity contribution is 1.40. The van der Waals surface area contributed by atoms with Crippen molar-refractivity contribution in [1.29, 1.82) is 0 Å². The fourth-order valence-corrected chi connectivity index (χ4v) is 8.56. The molecule has 1 heterocycles. The van der Waals surface area contributed by atoms with E-state index in [1.807, 2.05) is 0 Å². The number of hydrogen-bond donors (Lipinski definition) is 0. The summed E-state index contributed by atoms with van der Waals surface area (Å²) in [4.78, 5) is 11.2. The maximum absolute atomic E-state index is 5.59.